The zero-order chi connectivity index (χ0) is 43.9. The number of hydrogen-bond acceptors (Lipinski definition) is 10. The van der Waals surface area contributed by atoms with Gasteiger partial charge in [0.15, 0.2) is 0 Å². The van der Waals surface area contributed by atoms with E-state index >= 15 is 8.42 Å². The highest BCUT2D eigenvalue weighted by atomic mass is 32.2. The van der Waals surface area contributed by atoms with Crippen molar-refractivity contribution in [3.63, 3.8) is 0 Å². The van der Waals surface area contributed by atoms with Gasteiger partial charge < -0.3 is 34.6 Å². The highest BCUT2D eigenvalue weighted by molar-refractivity contribution is 7.89. The topological polar surface area (TPSA) is 156 Å². The van der Waals surface area contributed by atoms with Crippen molar-refractivity contribution < 1.29 is 42.5 Å². The van der Waals surface area contributed by atoms with E-state index in [-0.39, 0.29) is 61.3 Å². The number of oxime groups is 1. The van der Waals surface area contributed by atoms with E-state index in [2.05, 4.69) is 35.3 Å². The van der Waals surface area contributed by atoms with Crippen molar-refractivity contribution in [2.45, 2.75) is 87.9 Å². The first kappa shape index (κ1) is 45.0. The molecule has 6 atom stereocenters. The molecule has 1 fully saturated rings. The van der Waals surface area contributed by atoms with Gasteiger partial charge in [-0.1, -0.05) is 67.4 Å². The highest BCUT2D eigenvalue weighted by Crippen LogP contribution is 2.62. The molecule has 0 aromatic heterocycles. The van der Waals surface area contributed by atoms with Crippen LogP contribution in [0.15, 0.2) is 119 Å². The largest absolute Gasteiger partial charge is 0.460 e. The first-order valence-corrected chi connectivity index (χ1v) is 23.2. The average molecular weight is 866 g/mol. The quantitative estimate of drug-likeness (QED) is 0.0449. The first-order valence-electron chi connectivity index (χ1n) is 21.8. The summed E-state index contributed by atoms with van der Waals surface area (Å²) in [6, 6.07) is 25.2. The number of unbranched alkanes of at least 4 members (excludes halogenated alkanes) is 2. The van der Waals surface area contributed by atoms with Gasteiger partial charge in [0, 0.05) is 50.3 Å². The summed E-state index contributed by atoms with van der Waals surface area (Å²) in [7, 11) is -2.73. The van der Waals surface area contributed by atoms with Crippen molar-refractivity contribution in [3.8, 4) is 17.2 Å². The van der Waals surface area contributed by atoms with Crippen LogP contribution in [0.5, 0.6) is 17.2 Å². The zero-order valence-electron chi connectivity index (χ0n) is 35.9. The van der Waals surface area contributed by atoms with Crippen molar-refractivity contribution in [3.05, 3.63) is 115 Å². The standard InChI is InChI=1S/C49H59N3O9S/c1-5-25-52(62(56,57)40-22-18-37(19-23-40)50-33(3)55)46-32-44(51-58-4)42-30-36(15-9-11-26-53)41(16-10-12-27-54)47-43-31-39(60-38-20-17-34-13-7-8-14-35(34)29-38)21-24-45(43)61-49(46,48(42)47)59-28-6-2/h6-8,13-14,17-24,29-31,36,41,46-48,53-54H,2,5,9-12,15-16,25-28,32H2,1,3-4H3,(H,50,55). The first-order chi connectivity index (χ1) is 30.1. The molecule has 3 N–H and O–H groups in total. The smallest absolute Gasteiger partial charge is 0.243 e. The molecule has 0 bridgehead atoms. The van der Waals surface area contributed by atoms with E-state index in [0.717, 1.165) is 47.6 Å². The Kier molecular flexibility index (Phi) is 14.5. The van der Waals surface area contributed by atoms with Gasteiger partial charge in [-0.15, -0.1) is 6.58 Å². The fourth-order valence-electron chi connectivity index (χ4n) is 9.88. The lowest BCUT2D eigenvalue weighted by Gasteiger charge is -2.59. The number of fused-ring (bicyclic) bond motifs is 3. The summed E-state index contributed by atoms with van der Waals surface area (Å²) in [6.45, 7) is 7.70. The summed E-state index contributed by atoms with van der Waals surface area (Å²) in [5, 5.41) is 29.4. The Morgan fingerprint density at radius 2 is 1.68 bits per heavy atom. The monoisotopic (exact) mass is 865 g/mol. The van der Waals surface area contributed by atoms with E-state index < -0.39 is 27.8 Å². The number of nitrogens with zero attached hydrogens (tertiary/aromatic N) is 2. The number of aliphatic hydroxyl groups is 2. The van der Waals surface area contributed by atoms with Crippen molar-refractivity contribution in [2.24, 2.45) is 22.9 Å². The minimum atomic E-state index is -4.23. The van der Waals surface area contributed by atoms with Crippen LogP contribution in [-0.4, -0.2) is 79.9 Å². The van der Waals surface area contributed by atoms with Crippen molar-refractivity contribution in [1.82, 2.24) is 4.31 Å². The second-order valence-corrected chi connectivity index (χ2v) is 18.3. The lowest BCUT2D eigenvalue weighted by Crippen LogP contribution is -2.70. The maximum Gasteiger partial charge on any atom is 0.243 e. The van der Waals surface area contributed by atoms with Crippen LogP contribution in [0.4, 0.5) is 5.69 Å². The summed E-state index contributed by atoms with van der Waals surface area (Å²) in [5.74, 6) is -0.755. The summed E-state index contributed by atoms with van der Waals surface area (Å²) in [5.41, 5.74) is 2.88. The highest BCUT2D eigenvalue weighted by Gasteiger charge is 2.66. The van der Waals surface area contributed by atoms with Crippen molar-refractivity contribution in [2.75, 3.05) is 38.8 Å². The molecule has 0 radical (unpaired) electrons. The molecule has 1 aliphatic heterocycles. The molecule has 330 valence electrons. The normalized spacial score (nSPS) is 23.5. The van der Waals surface area contributed by atoms with Crippen molar-refractivity contribution in [1.29, 1.82) is 0 Å². The number of amides is 1. The molecule has 1 saturated carbocycles. The maximum absolute atomic E-state index is 15.1. The Morgan fingerprint density at radius 1 is 0.968 bits per heavy atom. The number of benzene rings is 4. The third-order valence-electron chi connectivity index (χ3n) is 12.4. The molecule has 2 aliphatic carbocycles. The zero-order valence-corrected chi connectivity index (χ0v) is 36.7. The SMILES string of the molecule is C=CCOC12Oc3ccc(Oc4ccc5ccccc5c4)cc3C3C(CCCCO)C(CCCCO)C=C(C(=NOC)CC1N(CCC)S(=O)(=O)c1ccc(NC(C)=O)cc1)C32. The molecule has 1 amide bonds. The van der Waals surface area contributed by atoms with Crippen LogP contribution in [0.25, 0.3) is 10.8 Å². The molecular weight excluding hydrogens is 807 g/mol. The van der Waals surface area contributed by atoms with Crippen LogP contribution in [0.1, 0.15) is 76.7 Å². The number of rotatable bonds is 20. The number of ether oxygens (including phenoxy) is 3. The van der Waals surface area contributed by atoms with Crippen LogP contribution < -0.4 is 14.8 Å². The van der Waals surface area contributed by atoms with E-state index in [1.165, 1.54) is 30.5 Å². The molecule has 4 aromatic carbocycles. The number of carbonyl (C=O) groups excluding carboxylic acids is 1. The van der Waals surface area contributed by atoms with Gasteiger partial charge in [-0.3, -0.25) is 4.79 Å². The minimum absolute atomic E-state index is 0.000588. The van der Waals surface area contributed by atoms with Gasteiger partial charge in [0.2, 0.25) is 21.7 Å². The van der Waals surface area contributed by atoms with Gasteiger partial charge in [0.05, 0.1) is 29.2 Å². The van der Waals surface area contributed by atoms with Gasteiger partial charge in [-0.25, -0.2) is 8.42 Å². The molecule has 4 aromatic rings. The third kappa shape index (κ3) is 9.19. The third-order valence-corrected chi connectivity index (χ3v) is 14.3. The molecule has 6 unspecified atom stereocenters. The van der Waals surface area contributed by atoms with E-state index in [4.69, 9.17) is 19.0 Å². The Balaban J connectivity index is 1.43. The number of carbonyl (C=O) groups is 1. The maximum atomic E-state index is 15.1. The average Bonchev–Trinajstić information content (AvgIpc) is 3.26. The Hall–Kier alpha value is -5.05. The molecule has 1 heterocycles. The molecule has 0 saturated heterocycles. The lowest BCUT2D eigenvalue weighted by molar-refractivity contribution is -0.251. The molecule has 12 nitrogen and oxygen atoms in total. The summed E-state index contributed by atoms with van der Waals surface area (Å²) in [4.78, 5) is 17.4. The van der Waals surface area contributed by atoms with Gasteiger partial charge in [-0.2, -0.15) is 4.31 Å². The number of sulfonamides is 1. The van der Waals surface area contributed by atoms with Crippen molar-refractivity contribution >= 4 is 38.1 Å². The van der Waals surface area contributed by atoms with Crippen LogP contribution in [0, 0.1) is 17.8 Å². The molecule has 3 aliphatic rings. The van der Waals surface area contributed by atoms with Crippen LogP contribution >= 0.6 is 0 Å². The minimum Gasteiger partial charge on any atom is -0.460 e. The van der Waals surface area contributed by atoms with E-state index in [1.807, 2.05) is 55.5 Å². The number of allylic oxidation sites excluding steroid dienone is 1. The molecule has 62 heavy (non-hydrogen) atoms. The van der Waals surface area contributed by atoms with Crippen LogP contribution in [-0.2, 0) is 24.4 Å². The summed E-state index contributed by atoms with van der Waals surface area (Å²) >= 11 is 0. The van der Waals surface area contributed by atoms with E-state index in [1.54, 1.807) is 18.2 Å². The second-order valence-electron chi connectivity index (χ2n) is 16.4. The fourth-order valence-corrected chi connectivity index (χ4v) is 11.6. The van der Waals surface area contributed by atoms with Crippen LogP contribution in [0.3, 0.4) is 0 Å². The van der Waals surface area contributed by atoms with Gasteiger partial charge >= 0.3 is 0 Å². The lowest BCUT2D eigenvalue weighted by atomic mass is 9.55. The van der Waals surface area contributed by atoms with E-state index in [9.17, 15) is 15.0 Å². The number of hydrogen-bond donors (Lipinski definition) is 3. The fraction of sp³-hybridized carbons (Fsp3) is 0.429. The second kappa shape index (κ2) is 20.0. The number of anilines is 1. The molecule has 7 rings (SSSR count). The van der Waals surface area contributed by atoms with Gasteiger partial charge in [0.25, 0.3) is 0 Å². The predicted octanol–water partition coefficient (Wildman–Crippen LogP) is 8.95. The number of nitrogens with one attached hydrogen (secondary N) is 1. The van der Waals surface area contributed by atoms with Gasteiger partial charge in [0.1, 0.15) is 24.4 Å². The molecule has 13 heteroatoms. The Labute approximate surface area is 365 Å². The Morgan fingerprint density at radius 3 is 2.37 bits per heavy atom. The van der Waals surface area contributed by atoms with E-state index in [0.29, 0.717) is 47.9 Å². The predicted molar refractivity (Wildman–Crippen MR) is 241 cm³/mol. The molecular formula is C49H59N3O9S. The Bertz CT molecular complexity index is 2380. The summed E-state index contributed by atoms with van der Waals surface area (Å²) < 4.78 is 52.6. The molecule has 0 spiro atoms. The van der Waals surface area contributed by atoms with Gasteiger partial charge in [-0.05, 0) is 115 Å². The number of aliphatic hydroxyl groups excluding tert-OH is 2. The van der Waals surface area contributed by atoms with Crippen LogP contribution in [0.2, 0.25) is 0 Å². The summed E-state index contributed by atoms with van der Waals surface area (Å²) in [6.07, 6.45) is 8.96.